The van der Waals surface area contributed by atoms with Crippen molar-refractivity contribution in [2.24, 2.45) is 0 Å². The predicted molar refractivity (Wildman–Crippen MR) is 90.9 cm³/mol. The van der Waals surface area contributed by atoms with E-state index in [0.29, 0.717) is 6.04 Å². The van der Waals surface area contributed by atoms with Gasteiger partial charge in [0.2, 0.25) is 0 Å². The maximum Gasteiger partial charge on any atom is 0.124 e. The topological polar surface area (TPSA) is 21.3 Å². The van der Waals surface area contributed by atoms with E-state index in [1.165, 1.54) is 37.0 Å². The Labute approximate surface area is 128 Å². The van der Waals surface area contributed by atoms with Crippen molar-refractivity contribution in [3.05, 3.63) is 29.8 Å². The van der Waals surface area contributed by atoms with Gasteiger partial charge in [0.05, 0.1) is 6.61 Å². The summed E-state index contributed by atoms with van der Waals surface area (Å²) in [6.07, 6.45) is 7.47. The highest BCUT2D eigenvalue weighted by Crippen LogP contribution is 2.24. The Morgan fingerprint density at radius 3 is 2.65 bits per heavy atom. The molecule has 0 saturated heterocycles. The lowest BCUT2D eigenvalue weighted by Crippen LogP contribution is -2.20. The van der Waals surface area contributed by atoms with Gasteiger partial charge < -0.3 is 10.1 Å². The summed E-state index contributed by atoms with van der Waals surface area (Å²) in [6, 6.07) is 8.68. The lowest BCUT2D eigenvalue weighted by atomic mass is 10.1. The molecular weight excluding hydrogens is 266 g/mol. The number of ether oxygens (including phenoxy) is 1. The molecule has 114 valence electrons. The summed E-state index contributed by atoms with van der Waals surface area (Å²) in [7, 11) is 0. The van der Waals surface area contributed by atoms with E-state index in [1.54, 1.807) is 0 Å². The Hall–Kier alpha value is -0.670. The van der Waals surface area contributed by atoms with Gasteiger partial charge in [0.25, 0.3) is 0 Å². The van der Waals surface area contributed by atoms with Crippen LogP contribution in [0.3, 0.4) is 0 Å². The van der Waals surface area contributed by atoms with Crippen LogP contribution in [0.5, 0.6) is 5.75 Å². The fraction of sp³-hybridized carbons (Fsp3) is 0.647. The number of thioether (sulfide) groups is 1. The van der Waals surface area contributed by atoms with Crippen molar-refractivity contribution in [2.45, 2.75) is 45.6 Å². The van der Waals surface area contributed by atoms with E-state index in [1.807, 2.05) is 24.8 Å². The highest BCUT2D eigenvalue weighted by molar-refractivity contribution is 7.98. The zero-order chi connectivity index (χ0) is 14.6. The summed E-state index contributed by atoms with van der Waals surface area (Å²) in [6.45, 7) is 6.05. The number of para-hydroxylation sites is 1. The number of hydrogen-bond donors (Lipinski definition) is 1. The van der Waals surface area contributed by atoms with E-state index in [9.17, 15) is 0 Å². The van der Waals surface area contributed by atoms with Crippen molar-refractivity contribution in [2.75, 3.05) is 25.2 Å². The van der Waals surface area contributed by atoms with Crippen LogP contribution in [-0.4, -0.2) is 25.2 Å². The van der Waals surface area contributed by atoms with Crippen LogP contribution in [0.2, 0.25) is 0 Å². The zero-order valence-electron chi connectivity index (χ0n) is 13.2. The Kier molecular flexibility index (Phi) is 9.60. The van der Waals surface area contributed by atoms with Crippen molar-refractivity contribution in [3.63, 3.8) is 0 Å². The first-order valence-corrected chi connectivity index (χ1v) is 9.13. The van der Waals surface area contributed by atoms with Crippen LogP contribution in [0.15, 0.2) is 24.3 Å². The van der Waals surface area contributed by atoms with Crippen LogP contribution in [0.4, 0.5) is 0 Å². The van der Waals surface area contributed by atoms with E-state index in [2.05, 4.69) is 36.7 Å². The first kappa shape index (κ1) is 17.4. The second kappa shape index (κ2) is 11.0. The van der Waals surface area contributed by atoms with Crippen LogP contribution < -0.4 is 10.1 Å². The van der Waals surface area contributed by atoms with Crippen LogP contribution in [0.25, 0.3) is 0 Å². The van der Waals surface area contributed by atoms with Gasteiger partial charge in [-0.3, -0.25) is 0 Å². The summed E-state index contributed by atoms with van der Waals surface area (Å²) in [4.78, 5) is 0. The molecule has 0 amide bonds. The highest BCUT2D eigenvalue weighted by Gasteiger charge is 2.09. The minimum atomic E-state index is 0.351. The summed E-state index contributed by atoms with van der Waals surface area (Å²) < 4.78 is 5.69. The van der Waals surface area contributed by atoms with Gasteiger partial charge in [0.1, 0.15) is 5.75 Å². The van der Waals surface area contributed by atoms with Crippen LogP contribution in [-0.2, 0) is 0 Å². The van der Waals surface area contributed by atoms with Crippen molar-refractivity contribution in [1.82, 2.24) is 5.32 Å². The third kappa shape index (κ3) is 6.67. The van der Waals surface area contributed by atoms with Crippen LogP contribution in [0, 0.1) is 0 Å². The zero-order valence-corrected chi connectivity index (χ0v) is 14.0. The molecule has 2 nitrogen and oxygen atoms in total. The van der Waals surface area contributed by atoms with Crippen molar-refractivity contribution >= 4 is 11.8 Å². The molecule has 1 aromatic carbocycles. The SMILES string of the molecule is CCOc1ccccc1C(C)NCCCCCCSC. The number of rotatable bonds is 11. The number of hydrogen-bond acceptors (Lipinski definition) is 3. The third-order valence-electron chi connectivity index (χ3n) is 3.41. The molecule has 1 atom stereocenters. The molecule has 1 aromatic rings. The van der Waals surface area contributed by atoms with Gasteiger partial charge in [-0.25, -0.2) is 0 Å². The fourth-order valence-electron chi connectivity index (χ4n) is 2.28. The first-order valence-electron chi connectivity index (χ1n) is 7.73. The standard InChI is InChI=1S/C17H29NOS/c1-4-19-17-12-8-7-11-16(17)15(2)18-13-9-5-6-10-14-20-3/h7-8,11-12,15,18H,4-6,9-10,13-14H2,1-3H3. The molecule has 0 heterocycles. The lowest BCUT2D eigenvalue weighted by Gasteiger charge is -2.18. The summed E-state index contributed by atoms with van der Waals surface area (Å²) in [5.74, 6) is 2.31. The second-order valence-electron chi connectivity index (χ2n) is 5.05. The Morgan fingerprint density at radius 1 is 1.15 bits per heavy atom. The molecule has 3 heteroatoms. The Morgan fingerprint density at radius 2 is 1.90 bits per heavy atom. The molecule has 0 saturated carbocycles. The molecule has 20 heavy (non-hydrogen) atoms. The van der Waals surface area contributed by atoms with E-state index in [0.717, 1.165) is 18.9 Å². The average Bonchev–Trinajstić information content (AvgIpc) is 2.47. The highest BCUT2D eigenvalue weighted by atomic mass is 32.2. The minimum Gasteiger partial charge on any atom is -0.494 e. The molecule has 1 N–H and O–H groups in total. The van der Waals surface area contributed by atoms with Gasteiger partial charge in [-0.2, -0.15) is 11.8 Å². The number of benzene rings is 1. The van der Waals surface area contributed by atoms with Crippen LogP contribution >= 0.6 is 11.8 Å². The molecule has 1 unspecified atom stereocenters. The molecule has 0 aliphatic heterocycles. The summed E-state index contributed by atoms with van der Waals surface area (Å²) in [5, 5.41) is 3.60. The monoisotopic (exact) mass is 295 g/mol. The number of unbranched alkanes of at least 4 members (excludes halogenated alkanes) is 3. The van der Waals surface area contributed by atoms with Gasteiger partial charge in [-0.15, -0.1) is 0 Å². The van der Waals surface area contributed by atoms with Crippen LogP contribution in [0.1, 0.15) is 51.1 Å². The largest absolute Gasteiger partial charge is 0.494 e. The smallest absolute Gasteiger partial charge is 0.124 e. The van der Waals surface area contributed by atoms with Gasteiger partial charge in [-0.1, -0.05) is 31.0 Å². The Balaban J connectivity index is 2.27. The molecule has 0 bridgehead atoms. The third-order valence-corrected chi connectivity index (χ3v) is 4.11. The fourth-order valence-corrected chi connectivity index (χ4v) is 2.77. The normalized spacial score (nSPS) is 12.3. The van der Waals surface area contributed by atoms with E-state index < -0.39 is 0 Å². The number of nitrogens with one attached hydrogen (secondary N) is 1. The molecule has 1 rings (SSSR count). The second-order valence-corrected chi connectivity index (χ2v) is 6.04. The van der Waals surface area contributed by atoms with Crippen molar-refractivity contribution in [3.8, 4) is 5.75 Å². The van der Waals surface area contributed by atoms with Gasteiger partial charge >= 0.3 is 0 Å². The summed E-state index contributed by atoms with van der Waals surface area (Å²) >= 11 is 1.94. The average molecular weight is 295 g/mol. The van der Waals surface area contributed by atoms with Crippen molar-refractivity contribution < 1.29 is 4.74 Å². The molecule has 0 aliphatic carbocycles. The molecule has 0 spiro atoms. The molecule has 0 radical (unpaired) electrons. The predicted octanol–water partition coefficient (Wildman–Crippen LogP) is 4.66. The van der Waals surface area contributed by atoms with Crippen molar-refractivity contribution in [1.29, 1.82) is 0 Å². The quantitative estimate of drug-likeness (QED) is 0.600. The molecular formula is C17H29NOS. The first-order chi connectivity index (χ1) is 9.79. The maximum atomic E-state index is 5.69. The lowest BCUT2D eigenvalue weighted by molar-refractivity contribution is 0.332. The van der Waals surface area contributed by atoms with Gasteiger partial charge in [-0.05, 0) is 51.3 Å². The van der Waals surface area contributed by atoms with E-state index in [4.69, 9.17) is 4.74 Å². The minimum absolute atomic E-state index is 0.351. The maximum absolute atomic E-state index is 5.69. The molecule has 0 aliphatic rings. The molecule has 0 aromatic heterocycles. The summed E-state index contributed by atoms with van der Waals surface area (Å²) in [5.41, 5.74) is 1.26. The van der Waals surface area contributed by atoms with Gasteiger partial charge in [0, 0.05) is 11.6 Å². The van der Waals surface area contributed by atoms with Gasteiger partial charge in [0.15, 0.2) is 0 Å². The molecule has 0 fully saturated rings. The van der Waals surface area contributed by atoms with E-state index in [-0.39, 0.29) is 0 Å². The Bertz CT molecular complexity index is 357. The van der Waals surface area contributed by atoms with E-state index >= 15 is 0 Å².